The molecule has 0 fully saturated rings. The summed E-state index contributed by atoms with van der Waals surface area (Å²) in [4.78, 5) is 17.7. The molecule has 1 N–H and O–H groups in total. The van der Waals surface area contributed by atoms with Crippen LogP contribution >= 0.6 is 11.3 Å². The van der Waals surface area contributed by atoms with Crippen LogP contribution in [0.5, 0.6) is 0 Å². The van der Waals surface area contributed by atoms with Crippen molar-refractivity contribution in [1.82, 2.24) is 14.8 Å². The number of carbonyl (C=O) groups is 1. The summed E-state index contributed by atoms with van der Waals surface area (Å²) in [5, 5.41) is 8.03. The molecule has 5 aromatic rings. The second kappa shape index (κ2) is 7.77. The van der Waals surface area contributed by atoms with Crippen LogP contribution < -0.4 is 5.32 Å². The molecule has 2 aromatic heterocycles. The molecule has 0 spiro atoms. The van der Waals surface area contributed by atoms with Gasteiger partial charge in [0.2, 0.25) is 0 Å². The van der Waals surface area contributed by atoms with Crippen LogP contribution in [0, 0.1) is 12.7 Å². The maximum atomic E-state index is 13.4. The van der Waals surface area contributed by atoms with E-state index in [1.54, 1.807) is 23.0 Å². The van der Waals surface area contributed by atoms with Gasteiger partial charge in [0.1, 0.15) is 11.5 Å². The van der Waals surface area contributed by atoms with Gasteiger partial charge in [-0.3, -0.25) is 10.1 Å². The normalized spacial score (nSPS) is 11.0. The smallest absolute Gasteiger partial charge is 0.261 e. The van der Waals surface area contributed by atoms with E-state index in [9.17, 15) is 9.18 Å². The molecule has 0 aliphatic heterocycles. The molecular weight excluding hydrogens is 411 g/mol. The van der Waals surface area contributed by atoms with Crippen molar-refractivity contribution in [2.24, 2.45) is 0 Å². The van der Waals surface area contributed by atoms with E-state index in [2.05, 4.69) is 15.4 Å². The maximum Gasteiger partial charge on any atom is 0.261 e. The highest BCUT2D eigenvalue weighted by molar-refractivity contribution is 7.22. The van der Waals surface area contributed by atoms with Gasteiger partial charge in [0.25, 0.3) is 5.91 Å². The number of nitrogens with zero attached hydrogens (tertiary/aromatic N) is 3. The first-order valence-corrected chi connectivity index (χ1v) is 10.5. The van der Waals surface area contributed by atoms with Gasteiger partial charge in [-0.1, -0.05) is 35.6 Å². The Bertz CT molecular complexity index is 1390. The molecule has 0 atom stereocenters. The van der Waals surface area contributed by atoms with Crippen LogP contribution in [0.25, 0.3) is 27.2 Å². The molecule has 0 saturated carbocycles. The molecule has 1 amide bonds. The third kappa shape index (κ3) is 3.83. The summed E-state index contributed by atoms with van der Waals surface area (Å²) < 4.78 is 16.1. The van der Waals surface area contributed by atoms with Crippen LogP contribution in [0.15, 0.2) is 79.0 Å². The standard InChI is InChI=1S/C24H17FN4OS/c1-15-7-12-20-21(13-15)31-24(26-20)27-23(30)19-14-29(18-5-3-2-4-6-18)28-22(19)16-8-10-17(25)11-9-16/h2-14H,1H3,(H,26,27,30). The highest BCUT2D eigenvalue weighted by atomic mass is 32.1. The summed E-state index contributed by atoms with van der Waals surface area (Å²) >= 11 is 1.42. The number of aryl methyl sites for hydroxylation is 1. The number of amides is 1. The van der Waals surface area contributed by atoms with E-state index in [0.29, 0.717) is 22.0 Å². The lowest BCUT2D eigenvalue weighted by atomic mass is 10.1. The maximum absolute atomic E-state index is 13.4. The Morgan fingerprint density at radius 2 is 1.81 bits per heavy atom. The lowest BCUT2D eigenvalue weighted by molar-refractivity contribution is 0.102. The first kappa shape index (κ1) is 19.1. The van der Waals surface area contributed by atoms with E-state index < -0.39 is 0 Å². The number of aromatic nitrogens is 3. The van der Waals surface area contributed by atoms with Crippen molar-refractivity contribution >= 4 is 32.6 Å². The van der Waals surface area contributed by atoms with Crippen LogP contribution in [-0.2, 0) is 0 Å². The molecule has 0 radical (unpaired) electrons. The number of halogens is 1. The molecule has 31 heavy (non-hydrogen) atoms. The van der Waals surface area contributed by atoms with Crippen LogP contribution in [0.1, 0.15) is 15.9 Å². The van der Waals surface area contributed by atoms with Crippen LogP contribution in [-0.4, -0.2) is 20.7 Å². The number of rotatable bonds is 4. The largest absolute Gasteiger partial charge is 0.298 e. The fourth-order valence-electron chi connectivity index (χ4n) is 3.32. The highest BCUT2D eigenvalue weighted by Gasteiger charge is 2.20. The first-order valence-electron chi connectivity index (χ1n) is 9.66. The van der Waals surface area contributed by atoms with Crippen molar-refractivity contribution in [3.63, 3.8) is 0 Å². The van der Waals surface area contributed by atoms with Crippen molar-refractivity contribution in [2.75, 3.05) is 5.32 Å². The summed E-state index contributed by atoms with van der Waals surface area (Å²) in [6.45, 7) is 2.02. The lowest BCUT2D eigenvalue weighted by Gasteiger charge is -2.02. The molecule has 5 nitrogen and oxygen atoms in total. The number of nitrogens with one attached hydrogen (secondary N) is 1. The fourth-order valence-corrected chi connectivity index (χ4v) is 4.28. The molecule has 0 unspecified atom stereocenters. The predicted molar refractivity (Wildman–Crippen MR) is 121 cm³/mol. The Morgan fingerprint density at radius 1 is 1.03 bits per heavy atom. The molecule has 7 heteroatoms. The second-order valence-electron chi connectivity index (χ2n) is 7.12. The zero-order valence-corrected chi connectivity index (χ0v) is 17.4. The van der Waals surface area contributed by atoms with Gasteiger partial charge in [0.15, 0.2) is 5.13 Å². The quantitative estimate of drug-likeness (QED) is 0.391. The minimum Gasteiger partial charge on any atom is -0.298 e. The van der Waals surface area contributed by atoms with E-state index in [-0.39, 0.29) is 11.7 Å². The second-order valence-corrected chi connectivity index (χ2v) is 8.15. The van der Waals surface area contributed by atoms with Crippen molar-refractivity contribution in [2.45, 2.75) is 6.92 Å². The zero-order valence-electron chi connectivity index (χ0n) is 16.5. The van der Waals surface area contributed by atoms with Gasteiger partial charge in [-0.05, 0) is 61.0 Å². The number of thiazole rings is 1. The van der Waals surface area contributed by atoms with E-state index in [0.717, 1.165) is 21.5 Å². The molecule has 0 aliphatic carbocycles. The molecule has 0 bridgehead atoms. The number of hydrogen-bond donors (Lipinski definition) is 1. The van der Waals surface area contributed by atoms with Crippen LogP contribution in [0.4, 0.5) is 9.52 Å². The van der Waals surface area contributed by atoms with Gasteiger partial charge in [0.05, 0.1) is 21.5 Å². The van der Waals surface area contributed by atoms with Gasteiger partial charge in [-0.25, -0.2) is 14.1 Å². The fraction of sp³-hybridized carbons (Fsp3) is 0.0417. The molecular formula is C24H17FN4OS. The summed E-state index contributed by atoms with van der Waals surface area (Å²) in [5.74, 6) is -0.667. The Hall–Kier alpha value is -3.84. The van der Waals surface area contributed by atoms with Crippen molar-refractivity contribution in [3.05, 3.63) is 95.9 Å². The topological polar surface area (TPSA) is 59.8 Å². The van der Waals surface area contributed by atoms with Gasteiger partial charge in [-0.15, -0.1) is 0 Å². The summed E-state index contributed by atoms with van der Waals surface area (Å²) in [6, 6.07) is 21.4. The van der Waals surface area contributed by atoms with Gasteiger partial charge < -0.3 is 0 Å². The predicted octanol–water partition coefficient (Wildman–Crippen LogP) is 5.85. The Labute approximate surface area is 181 Å². The average Bonchev–Trinajstić information content (AvgIpc) is 3.39. The number of para-hydroxylation sites is 1. The Balaban J connectivity index is 1.54. The van der Waals surface area contributed by atoms with E-state index in [4.69, 9.17) is 0 Å². The third-order valence-corrected chi connectivity index (χ3v) is 5.80. The Kier molecular flexibility index (Phi) is 4.80. The van der Waals surface area contributed by atoms with E-state index in [1.807, 2.05) is 55.5 Å². The first-order chi connectivity index (χ1) is 15.1. The number of benzene rings is 3. The average molecular weight is 428 g/mol. The van der Waals surface area contributed by atoms with Gasteiger partial charge in [0, 0.05) is 11.8 Å². The van der Waals surface area contributed by atoms with Crippen molar-refractivity contribution in [3.8, 4) is 16.9 Å². The lowest BCUT2D eigenvalue weighted by Crippen LogP contribution is -2.12. The van der Waals surface area contributed by atoms with Crippen LogP contribution in [0.3, 0.4) is 0 Å². The van der Waals surface area contributed by atoms with Crippen molar-refractivity contribution in [1.29, 1.82) is 0 Å². The monoisotopic (exact) mass is 428 g/mol. The third-order valence-electron chi connectivity index (χ3n) is 4.86. The number of fused-ring (bicyclic) bond motifs is 1. The van der Waals surface area contributed by atoms with E-state index in [1.165, 1.54) is 23.5 Å². The molecule has 2 heterocycles. The zero-order chi connectivity index (χ0) is 21.4. The molecule has 5 rings (SSSR count). The molecule has 0 saturated heterocycles. The van der Waals surface area contributed by atoms with Gasteiger partial charge in [-0.2, -0.15) is 5.10 Å². The van der Waals surface area contributed by atoms with Crippen molar-refractivity contribution < 1.29 is 9.18 Å². The molecule has 152 valence electrons. The number of hydrogen-bond acceptors (Lipinski definition) is 4. The Morgan fingerprint density at radius 3 is 2.58 bits per heavy atom. The molecule has 3 aromatic carbocycles. The summed E-state index contributed by atoms with van der Waals surface area (Å²) in [5.41, 5.74) is 4.30. The minimum absolute atomic E-state index is 0.322. The molecule has 0 aliphatic rings. The van der Waals surface area contributed by atoms with E-state index >= 15 is 0 Å². The highest BCUT2D eigenvalue weighted by Crippen LogP contribution is 2.29. The minimum atomic E-state index is -0.345. The van der Waals surface area contributed by atoms with Gasteiger partial charge >= 0.3 is 0 Å². The SMILES string of the molecule is Cc1ccc2nc(NC(=O)c3cn(-c4ccccc4)nc3-c3ccc(F)cc3)sc2c1. The summed E-state index contributed by atoms with van der Waals surface area (Å²) in [6.07, 6.45) is 1.68. The van der Waals surface area contributed by atoms with Crippen LogP contribution in [0.2, 0.25) is 0 Å². The number of anilines is 1. The summed E-state index contributed by atoms with van der Waals surface area (Å²) in [7, 11) is 0. The number of carbonyl (C=O) groups excluding carboxylic acids is 1.